The van der Waals surface area contributed by atoms with Crippen LogP contribution in [-0.2, 0) is 14.4 Å². The number of carbonyl (C=O) groups is 3. The standard InChI is InChI=1S/C21H18N2O6S/c1-12-3-6-14(7-4-12)23-20(27)15(19(26)22-21(23)30)9-13-5-8-16(17(10-13)28-2)29-11-18(24)25/h3-10H,11H2,1-2H3,(H,24,25)(H,22,26,30)/p-1/b15-9+. The fourth-order valence-corrected chi connectivity index (χ4v) is 3.06. The molecule has 8 nitrogen and oxygen atoms in total. The molecule has 2 aromatic carbocycles. The maximum atomic E-state index is 13.0. The lowest BCUT2D eigenvalue weighted by molar-refractivity contribution is -0.307. The molecule has 0 saturated carbocycles. The van der Waals surface area contributed by atoms with Crippen LogP contribution in [0.15, 0.2) is 48.0 Å². The van der Waals surface area contributed by atoms with Crippen LogP contribution in [0.2, 0.25) is 0 Å². The maximum absolute atomic E-state index is 13.0. The van der Waals surface area contributed by atoms with Gasteiger partial charge in [-0.2, -0.15) is 0 Å². The smallest absolute Gasteiger partial charge is 0.270 e. The molecule has 2 aromatic rings. The highest BCUT2D eigenvalue weighted by Gasteiger charge is 2.34. The number of amides is 2. The third kappa shape index (κ3) is 4.47. The highest BCUT2D eigenvalue weighted by molar-refractivity contribution is 7.80. The van der Waals surface area contributed by atoms with E-state index in [1.165, 1.54) is 30.2 Å². The first-order valence-electron chi connectivity index (χ1n) is 8.79. The summed E-state index contributed by atoms with van der Waals surface area (Å²) in [7, 11) is 1.38. The van der Waals surface area contributed by atoms with Gasteiger partial charge >= 0.3 is 0 Å². The number of carboxylic acids is 1. The molecule has 0 bridgehead atoms. The van der Waals surface area contributed by atoms with Crippen molar-refractivity contribution in [3.05, 3.63) is 59.2 Å². The first kappa shape index (κ1) is 21.0. The molecule has 9 heteroatoms. The van der Waals surface area contributed by atoms with E-state index in [1.54, 1.807) is 18.2 Å². The number of nitrogens with zero attached hydrogens (tertiary/aromatic N) is 1. The van der Waals surface area contributed by atoms with Crippen molar-refractivity contribution >= 4 is 46.9 Å². The highest BCUT2D eigenvalue weighted by atomic mass is 32.1. The topological polar surface area (TPSA) is 108 Å². The first-order valence-corrected chi connectivity index (χ1v) is 9.20. The van der Waals surface area contributed by atoms with Gasteiger partial charge in [-0.25, -0.2) is 0 Å². The van der Waals surface area contributed by atoms with Crippen LogP contribution >= 0.6 is 12.2 Å². The van der Waals surface area contributed by atoms with Crippen molar-refractivity contribution in [2.75, 3.05) is 18.6 Å². The Hall–Kier alpha value is -3.72. The van der Waals surface area contributed by atoms with Gasteiger partial charge < -0.3 is 19.4 Å². The quantitative estimate of drug-likeness (QED) is 0.417. The molecule has 3 rings (SSSR count). The van der Waals surface area contributed by atoms with E-state index in [-0.39, 0.29) is 22.2 Å². The van der Waals surface area contributed by atoms with Crippen LogP contribution in [0.25, 0.3) is 6.08 Å². The van der Waals surface area contributed by atoms with Crippen LogP contribution in [0.1, 0.15) is 11.1 Å². The lowest BCUT2D eigenvalue weighted by Gasteiger charge is -2.29. The third-order valence-electron chi connectivity index (χ3n) is 4.24. The Morgan fingerprint density at radius 3 is 2.50 bits per heavy atom. The molecule has 0 aromatic heterocycles. The molecule has 0 atom stereocenters. The molecule has 0 spiro atoms. The average Bonchev–Trinajstić information content (AvgIpc) is 2.71. The van der Waals surface area contributed by atoms with Crippen LogP contribution in [0.3, 0.4) is 0 Å². The number of rotatable bonds is 6. The molecule has 30 heavy (non-hydrogen) atoms. The normalized spacial score (nSPS) is 15.2. The summed E-state index contributed by atoms with van der Waals surface area (Å²) < 4.78 is 10.3. The molecule has 1 heterocycles. The number of anilines is 1. The van der Waals surface area contributed by atoms with E-state index in [0.29, 0.717) is 11.3 Å². The molecule has 0 aliphatic carbocycles. The Kier molecular flexibility index (Phi) is 6.12. The number of carboxylic acid groups (broad SMARTS) is 1. The van der Waals surface area contributed by atoms with Crippen molar-refractivity contribution in [2.24, 2.45) is 0 Å². The van der Waals surface area contributed by atoms with E-state index in [2.05, 4.69) is 5.32 Å². The fraction of sp³-hybridized carbons (Fsp3) is 0.143. The summed E-state index contributed by atoms with van der Waals surface area (Å²) in [6.07, 6.45) is 1.39. The second-order valence-corrected chi connectivity index (χ2v) is 6.75. The minimum Gasteiger partial charge on any atom is -0.546 e. The summed E-state index contributed by atoms with van der Waals surface area (Å²) >= 11 is 5.18. The Morgan fingerprint density at radius 1 is 1.17 bits per heavy atom. The SMILES string of the molecule is COc1cc(/C=C2\C(=O)NC(=S)N(c3ccc(C)cc3)C2=O)ccc1OCC(=O)[O-]. The first-order chi connectivity index (χ1) is 14.3. The van der Waals surface area contributed by atoms with Crippen molar-refractivity contribution in [1.82, 2.24) is 5.32 Å². The molecule has 0 unspecified atom stereocenters. The average molecular weight is 425 g/mol. The van der Waals surface area contributed by atoms with Gasteiger partial charge in [0, 0.05) is 0 Å². The lowest BCUT2D eigenvalue weighted by Crippen LogP contribution is -2.54. The molecule has 2 amide bonds. The van der Waals surface area contributed by atoms with Gasteiger partial charge in [0.2, 0.25) is 0 Å². The zero-order valence-electron chi connectivity index (χ0n) is 16.1. The minimum atomic E-state index is -1.38. The van der Waals surface area contributed by atoms with Crippen molar-refractivity contribution in [3.63, 3.8) is 0 Å². The van der Waals surface area contributed by atoms with Gasteiger partial charge in [-0.05, 0) is 55.0 Å². The number of aryl methyl sites for hydroxylation is 1. The van der Waals surface area contributed by atoms with Crippen molar-refractivity contribution in [2.45, 2.75) is 6.92 Å². The second-order valence-electron chi connectivity index (χ2n) is 6.36. The second kappa shape index (κ2) is 8.75. The van der Waals surface area contributed by atoms with Gasteiger partial charge in [0.15, 0.2) is 16.6 Å². The summed E-state index contributed by atoms with van der Waals surface area (Å²) in [4.78, 5) is 37.3. The maximum Gasteiger partial charge on any atom is 0.270 e. The number of benzene rings is 2. The van der Waals surface area contributed by atoms with Crippen LogP contribution in [0, 0.1) is 6.92 Å². The van der Waals surface area contributed by atoms with Crippen LogP contribution in [0.5, 0.6) is 11.5 Å². The van der Waals surface area contributed by atoms with E-state index in [9.17, 15) is 19.5 Å². The van der Waals surface area contributed by atoms with E-state index >= 15 is 0 Å². The Bertz CT molecular complexity index is 1060. The van der Waals surface area contributed by atoms with Crippen molar-refractivity contribution in [1.29, 1.82) is 0 Å². The summed E-state index contributed by atoms with van der Waals surface area (Å²) in [6, 6.07) is 11.7. The highest BCUT2D eigenvalue weighted by Crippen LogP contribution is 2.30. The molecule has 1 saturated heterocycles. The van der Waals surface area contributed by atoms with Crippen LogP contribution in [-0.4, -0.2) is 36.6 Å². The number of carbonyl (C=O) groups excluding carboxylic acids is 3. The number of ether oxygens (including phenoxy) is 2. The molecular weight excluding hydrogens is 408 g/mol. The Morgan fingerprint density at radius 2 is 1.87 bits per heavy atom. The number of aliphatic carboxylic acids is 1. The molecule has 0 radical (unpaired) electrons. The Balaban J connectivity index is 1.94. The summed E-state index contributed by atoms with van der Waals surface area (Å²) in [6.45, 7) is 1.28. The molecule has 1 aliphatic heterocycles. The minimum absolute atomic E-state index is 0.00499. The summed E-state index contributed by atoms with van der Waals surface area (Å²) in [5.74, 6) is -2.14. The van der Waals surface area contributed by atoms with Gasteiger partial charge in [0.1, 0.15) is 12.2 Å². The molecule has 1 N–H and O–H groups in total. The van der Waals surface area contributed by atoms with E-state index in [0.717, 1.165) is 5.56 Å². The van der Waals surface area contributed by atoms with Crippen LogP contribution in [0.4, 0.5) is 5.69 Å². The lowest BCUT2D eigenvalue weighted by atomic mass is 10.1. The zero-order valence-corrected chi connectivity index (χ0v) is 16.9. The van der Waals surface area contributed by atoms with E-state index in [4.69, 9.17) is 21.7 Å². The van der Waals surface area contributed by atoms with Gasteiger partial charge in [-0.3, -0.25) is 19.8 Å². The Labute approximate surface area is 177 Å². The fourth-order valence-electron chi connectivity index (χ4n) is 2.78. The van der Waals surface area contributed by atoms with Crippen LogP contribution < -0.4 is 24.8 Å². The number of thiocarbonyl (C=S) groups is 1. The van der Waals surface area contributed by atoms with Gasteiger partial charge in [0.05, 0.1) is 18.8 Å². The predicted molar refractivity (Wildman–Crippen MR) is 111 cm³/mol. The van der Waals surface area contributed by atoms with Crippen molar-refractivity contribution in [3.8, 4) is 11.5 Å². The molecule has 1 aliphatic rings. The third-order valence-corrected chi connectivity index (χ3v) is 4.52. The predicted octanol–water partition coefficient (Wildman–Crippen LogP) is 0.964. The van der Waals surface area contributed by atoms with Gasteiger partial charge in [0.25, 0.3) is 11.8 Å². The number of hydrogen-bond donors (Lipinski definition) is 1. The molecular formula is C21H17N2O6S-. The molecule has 154 valence electrons. The zero-order chi connectivity index (χ0) is 21.8. The van der Waals surface area contributed by atoms with Gasteiger partial charge in [-0.1, -0.05) is 23.8 Å². The van der Waals surface area contributed by atoms with Crippen molar-refractivity contribution < 1.29 is 29.0 Å². The number of hydrogen-bond acceptors (Lipinski definition) is 7. The largest absolute Gasteiger partial charge is 0.546 e. The molecule has 1 fully saturated rings. The van der Waals surface area contributed by atoms with Gasteiger partial charge in [-0.15, -0.1) is 0 Å². The number of methoxy groups -OCH3 is 1. The number of nitrogens with one attached hydrogen (secondary N) is 1. The summed E-state index contributed by atoms with van der Waals surface area (Å²) in [5, 5.41) is 13.1. The summed E-state index contributed by atoms with van der Waals surface area (Å²) in [5.41, 5.74) is 1.91. The monoisotopic (exact) mass is 425 g/mol. The van der Waals surface area contributed by atoms with E-state index < -0.39 is 24.4 Å². The van der Waals surface area contributed by atoms with E-state index in [1.807, 2.05) is 19.1 Å².